The van der Waals surface area contributed by atoms with E-state index in [9.17, 15) is 8.42 Å². The highest BCUT2D eigenvalue weighted by atomic mass is 32.2. The van der Waals surface area contributed by atoms with Crippen LogP contribution in [0.2, 0.25) is 0 Å². The van der Waals surface area contributed by atoms with Gasteiger partial charge >= 0.3 is 0 Å². The molecule has 1 atom stereocenters. The van der Waals surface area contributed by atoms with Crippen molar-refractivity contribution in [2.24, 2.45) is 0 Å². The molecule has 2 aliphatic heterocycles. The fourth-order valence-electron chi connectivity index (χ4n) is 3.31. The molecule has 0 saturated carbocycles. The molecule has 1 aromatic carbocycles. The van der Waals surface area contributed by atoms with Crippen molar-refractivity contribution < 1.29 is 13.2 Å². The molecule has 0 N–H and O–H groups in total. The summed E-state index contributed by atoms with van der Waals surface area (Å²) in [6, 6.07) is 8.34. The van der Waals surface area contributed by atoms with Crippen LogP contribution < -0.4 is 4.90 Å². The second kappa shape index (κ2) is 7.05. The summed E-state index contributed by atoms with van der Waals surface area (Å²) >= 11 is 1.70. The van der Waals surface area contributed by atoms with Crippen LogP contribution in [0.4, 0.5) is 5.69 Å². The van der Waals surface area contributed by atoms with Gasteiger partial charge < -0.3 is 9.64 Å². The van der Waals surface area contributed by atoms with E-state index in [-0.39, 0.29) is 17.6 Å². The van der Waals surface area contributed by atoms with E-state index >= 15 is 0 Å². The quantitative estimate of drug-likeness (QED) is 0.820. The van der Waals surface area contributed by atoms with Crippen LogP contribution >= 0.6 is 11.3 Å². The Morgan fingerprint density at radius 1 is 1.12 bits per heavy atom. The number of nitrogens with zero attached hydrogens (tertiary/aromatic N) is 2. The minimum Gasteiger partial charge on any atom is -0.371 e. The molecule has 4 rings (SSSR count). The minimum absolute atomic E-state index is 0.155. The highest BCUT2D eigenvalue weighted by Crippen LogP contribution is 2.35. The first-order valence-corrected chi connectivity index (χ1v) is 11.4. The van der Waals surface area contributed by atoms with Gasteiger partial charge in [0, 0.05) is 31.6 Å². The monoisotopic (exact) mass is 378 g/mol. The number of anilines is 1. The minimum atomic E-state index is -2.84. The van der Waals surface area contributed by atoms with Crippen molar-refractivity contribution in [2.45, 2.75) is 25.4 Å². The zero-order valence-corrected chi connectivity index (χ0v) is 15.7. The zero-order chi connectivity index (χ0) is 17.3. The third-order valence-corrected chi connectivity index (χ3v) is 7.59. The summed E-state index contributed by atoms with van der Waals surface area (Å²) in [5.74, 6) is 0.489. The van der Waals surface area contributed by atoms with E-state index in [1.165, 1.54) is 6.42 Å². The molecule has 2 saturated heterocycles. The van der Waals surface area contributed by atoms with E-state index in [1.807, 2.05) is 6.20 Å². The van der Waals surface area contributed by atoms with Gasteiger partial charge in [0.25, 0.3) is 0 Å². The van der Waals surface area contributed by atoms with Crippen molar-refractivity contribution in [1.29, 1.82) is 0 Å². The van der Waals surface area contributed by atoms with Gasteiger partial charge in [0.2, 0.25) is 0 Å². The molecule has 7 heteroatoms. The lowest BCUT2D eigenvalue weighted by molar-refractivity contribution is 0.0148. The number of hydrogen-bond donors (Lipinski definition) is 0. The lowest BCUT2D eigenvalue weighted by atomic mass is 10.1. The molecule has 1 aromatic heterocycles. The maximum absolute atomic E-state index is 11.6. The normalized spacial score (nSPS) is 23.5. The molecule has 2 fully saturated rings. The molecule has 0 spiro atoms. The first kappa shape index (κ1) is 17.0. The standard InChI is InChI=1S/C18H22N2O3S2/c21-25(22)11-8-20(9-12-25)15-6-4-14(5-7-15)17-13-19-18(24-17)16-3-1-2-10-23-16/h4-7,13,16H,1-3,8-12H2. The Kier molecular flexibility index (Phi) is 4.80. The molecule has 134 valence electrons. The number of sulfone groups is 1. The molecule has 0 bridgehead atoms. The van der Waals surface area contributed by atoms with E-state index in [0.717, 1.165) is 40.6 Å². The maximum atomic E-state index is 11.6. The van der Waals surface area contributed by atoms with E-state index in [0.29, 0.717) is 13.1 Å². The molecule has 3 heterocycles. The molecule has 25 heavy (non-hydrogen) atoms. The van der Waals surface area contributed by atoms with Crippen LogP contribution in [0.1, 0.15) is 30.4 Å². The van der Waals surface area contributed by atoms with Crippen LogP contribution in [0.5, 0.6) is 0 Å². The fourth-order valence-corrected chi connectivity index (χ4v) is 5.52. The Morgan fingerprint density at radius 2 is 1.88 bits per heavy atom. The lowest BCUT2D eigenvalue weighted by Crippen LogP contribution is -2.40. The predicted molar refractivity (Wildman–Crippen MR) is 101 cm³/mol. The van der Waals surface area contributed by atoms with Crippen molar-refractivity contribution in [3.05, 3.63) is 35.5 Å². The van der Waals surface area contributed by atoms with Gasteiger partial charge in [-0.1, -0.05) is 12.1 Å². The Balaban J connectivity index is 1.46. The van der Waals surface area contributed by atoms with Gasteiger partial charge in [-0.25, -0.2) is 13.4 Å². The van der Waals surface area contributed by atoms with Crippen LogP contribution in [0.3, 0.4) is 0 Å². The van der Waals surface area contributed by atoms with Crippen molar-refractivity contribution >= 4 is 26.9 Å². The van der Waals surface area contributed by atoms with Crippen molar-refractivity contribution in [3.63, 3.8) is 0 Å². The molecule has 5 nitrogen and oxygen atoms in total. The summed E-state index contributed by atoms with van der Waals surface area (Å²) in [6.07, 6.45) is 5.50. The first-order chi connectivity index (χ1) is 12.1. The molecule has 2 aromatic rings. The summed E-state index contributed by atoms with van der Waals surface area (Å²) in [6.45, 7) is 1.98. The Labute approximate surface area is 152 Å². The number of thiazole rings is 1. The van der Waals surface area contributed by atoms with E-state index in [4.69, 9.17) is 4.74 Å². The second-order valence-electron chi connectivity index (χ2n) is 6.60. The molecule has 0 amide bonds. The second-order valence-corrected chi connectivity index (χ2v) is 9.97. The summed E-state index contributed by atoms with van der Waals surface area (Å²) in [7, 11) is -2.84. The predicted octanol–water partition coefficient (Wildman–Crippen LogP) is 3.29. The van der Waals surface area contributed by atoms with E-state index in [2.05, 4.69) is 34.1 Å². The zero-order valence-electron chi connectivity index (χ0n) is 14.1. The van der Waals surface area contributed by atoms with Gasteiger partial charge in [-0.15, -0.1) is 11.3 Å². The molecule has 0 radical (unpaired) electrons. The lowest BCUT2D eigenvalue weighted by Gasteiger charge is -2.28. The molecule has 0 aliphatic carbocycles. The van der Waals surface area contributed by atoms with Crippen molar-refractivity contribution in [2.75, 3.05) is 36.1 Å². The molecular weight excluding hydrogens is 356 g/mol. The highest BCUT2D eigenvalue weighted by molar-refractivity contribution is 7.91. The van der Waals surface area contributed by atoms with E-state index < -0.39 is 9.84 Å². The van der Waals surface area contributed by atoms with Gasteiger partial charge in [-0.2, -0.15) is 0 Å². The first-order valence-electron chi connectivity index (χ1n) is 8.74. The van der Waals surface area contributed by atoms with Crippen LogP contribution in [-0.2, 0) is 14.6 Å². The molecular formula is C18H22N2O3S2. The van der Waals surface area contributed by atoms with Gasteiger partial charge in [0.05, 0.1) is 16.4 Å². The van der Waals surface area contributed by atoms with Gasteiger partial charge in [-0.05, 0) is 37.0 Å². The Bertz CT molecular complexity index is 810. The molecule has 1 unspecified atom stereocenters. The third-order valence-electron chi connectivity index (χ3n) is 4.84. The maximum Gasteiger partial charge on any atom is 0.153 e. The largest absolute Gasteiger partial charge is 0.371 e. The van der Waals surface area contributed by atoms with Crippen molar-refractivity contribution in [3.8, 4) is 10.4 Å². The summed E-state index contributed by atoms with van der Waals surface area (Å²) in [5, 5.41) is 1.07. The number of ether oxygens (including phenoxy) is 1. The van der Waals surface area contributed by atoms with Gasteiger partial charge in [0.15, 0.2) is 9.84 Å². The number of benzene rings is 1. The fraction of sp³-hybridized carbons (Fsp3) is 0.500. The number of aromatic nitrogens is 1. The summed E-state index contributed by atoms with van der Waals surface area (Å²) in [5.41, 5.74) is 2.23. The third kappa shape index (κ3) is 3.88. The number of rotatable bonds is 3. The summed E-state index contributed by atoms with van der Waals surface area (Å²) in [4.78, 5) is 7.85. The van der Waals surface area contributed by atoms with E-state index in [1.54, 1.807) is 11.3 Å². The Morgan fingerprint density at radius 3 is 2.56 bits per heavy atom. The van der Waals surface area contributed by atoms with Gasteiger partial charge in [0.1, 0.15) is 11.1 Å². The summed E-state index contributed by atoms with van der Waals surface area (Å²) < 4.78 is 28.9. The average molecular weight is 379 g/mol. The van der Waals surface area contributed by atoms with Crippen molar-refractivity contribution in [1.82, 2.24) is 4.98 Å². The highest BCUT2D eigenvalue weighted by Gasteiger charge is 2.22. The van der Waals surface area contributed by atoms with Gasteiger partial charge in [-0.3, -0.25) is 0 Å². The van der Waals surface area contributed by atoms with Crippen LogP contribution in [0.25, 0.3) is 10.4 Å². The topological polar surface area (TPSA) is 59.5 Å². The smallest absolute Gasteiger partial charge is 0.153 e. The Hall–Kier alpha value is -1.44. The SMILES string of the molecule is O=S1(=O)CCN(c2ccc(-c3cnc(C4CCCCO4)s3)cc2)CC1. The van der Waals surface area contributed by atoms with Crippen LogP contribution in [-0.4, -0.2) is 44.6 Å². The molecule has 2 aliphatic rings. The average Bonchev–Trinajstić information content (AvgIpc) is 3.13. The number of hydrogen-bond acceptors (Lipinski definition) is 6. The van der Waals surface area contributed by atoms with Crippen LogP contribution in [0, 0.1) is 0 Å². The van der Waals surface area contributed by atoms with Crippen LogP contribution in [0.15, 0.2) is 30.5 Å².